The maximum absolute atomic E-state index is 13.4. The van der Waals surface area contributed by atoms with Gasteiger partial charge in [-0.1, -0.05) is 45.9 Å². The van der Waals surface area contributed by atoms with Crippen LogP contribution in [0.25, 0.3) is 0 Å². The van der Waals surface area contributed by atoms with E-state index in [2.05, 4.69) is 52.8 Å². The SMILES string of the molecule is CO[C@H]1C[C@H]2C=C[C@@H]3C[C@]2(O[C@H]3/C=C(/C)C(C)=O)/C(C)=C/[C@@H](C)[C@@H]([C@@H](C)CC(C)(C)[Si](C)(C)O)OC1=O. The van der Waals surface area contributed by atoms with Gasteiger partial charge in [0.15, 0.2) is 20.2 Å². The summed E-state index contributed by atoms with van der Waals surface area (Å²) in [5, 5.41) is -0.235. The number of Topliss-reactive ketones (excluding diaryl/α,β-unsaturated/α-hetero) is 1. The van der Waals surface area contributed by atoms with Crippen molar-refractivity contribution in [1.82, 2.24) is 0 Å². The fraction of sp³-hybridized carbons (Fsp3) is 0.733. The van der Waals surface area contributed by atoms with Gasteiger partial charge in [0.1, 0.15) is 6.10 Å². The lowest BCUT2D eigenvalue weighted by atomic mass is 9.69. The minimum absolute atomic E-state index is 0.0412. The predicted octanol–water partition coefficient (Wildman–Crippen LogP) is 5.77. The average molecular weight is 533 g/mol. The standard InChI is InChI=1S/C30H48O6Si/c1-18(22(5)31)14-25-23-11-12-24-15-26(34-8)28(32)35-27(20(3)16-29(6,7)37(9,10)33)19(2)13-21(4)30(24,17-23)36-25/h11-14,19-20,23-27,33H,15-17H2,1-10H3/b18-14-,21-13+/t19-,20+,23-,24-,25+,26+,27+,30+/m1/s1. The maximum atomic E-state index is 13.4. The van der Waals surface area contributed by atoms with E-state index < -0.39 is 20.0 Å². The normalized spacial score (nSPS) is 37.3. The minimum Gasteiger partial charge on any atom is -0.460 e. The smallest absolute Gasteiger partial charge is 0.335 e. The fourth-order valence-electron chi connectivity index (χ4n) is 6.30. The van der Waals surface area contributed by atoms with Crippen molar-refractivity contribution >= 4 is 20.1 Å². The molecule has 1 spiro atoms. The first-order valence-electron chi connectivity index (χ1n) is 13.7. The van der Waals surface area contributed by atoms with Gasteiger partial charge in [-0.3, -0.25) is 4.79 Å². The second kappa shape index (κ2) is 10.9. The van der Waals surface area contributed by atoms with Gasteiger partial charge in [-0.2, -0.15) is 0 Å². The monoisotopic (exact) mass is 532 g/mol. The topological polar surface area (TPSA) is 82.1 Å². The van der Waals surface area contributed by atoms with Gasteiger partial charge in [-0.25, -0.2) is 4.79 Å². The van der Waals surface area contributed by atoms with Crippen molar-refractivity contribution in [3.63, 3.8) is 0 Å². The first-order chi connectivity index (χ1) is 17.0. The second-order valence-electron chi connectivity index (χ2n) is 12.9. The molecule has 3 aliphatic rings. The molecule has 1 saturated heterocycles. The molecule has 0 aromatic carbocycles. The van der Waals surface area contributed by atoms with E-state index in [-0.39, 0.29) is 52.7 Å². The van der Waals surface area contributed by atoms with Gasteiger partial charge in [-0.15, -0.1) is 0 Å². The zero-order chi connectivity index (χ0) is 27.9. The summed E-state index contributed by atoms with van der Waals surface area (Å²) in [6, 6.07) is 0. The molecular weight excluding hydrogens is 484 g/mol. The number of rotatable bonds is 7. The number of cyclic esters (lactones) is 1. The summed E-state index contributed by atoms with van der Waals surface area (Å²) < 4.78 is 18.7. The Morgan fingerprint density at radius 1 is 1.32 bits per heavy atom. The van der Waals surface area contributed by atoms with Gasteiger partial charge in [0.2, 0.25) is 0 Å². The van der Waals surface area contributed by atoms with Crippen LogP contribution in [0.3, 0.4) is 0 Å². The molecular formula is C30H48O6Si. The zero-order valence-electron chi connectivity index (χ0n) is 24.5. The number of esters is 1. The molecule has 0 aromatic rings. The number of ketones is 1. The molecule has 2 heterocycles. The lowest BCUT2D eigenvalue weighted by Gasteiger charge is -2.43. The Bertz CT molecular complexity index is 973. The summed E-state index contributed by atoms with van der Waals surface area (Å²) in [5.74, 6) is -0.178. The van der Waals surface area contributed by atoms with Gasteiger partial charge in [0.05, 0.1) is 11.7 Å². The highest BCUT2D eigenvalue weighted by molar-refractivity contribution is 6.72. The quantitative estimate of drug-likeness (QED) is 0.194. The van der Waals surface area contributed by atoms with Crippen molar-refractivity contribution in [1.29, 1.82) is 0 Å². The lowest BCUT2D eigenvalue weighted by Crippen LogP contribution is -2.46. The van der Waals surface area contributed by atoms with Gasteiger partial charge in [0.25, 0.3) is 0 Å². The van der Waals surface area contributed by atoms with Crippen LogP contribution in [0.4, 0.5) is 0 Å². The number of hydrogen-bond donors (Lipinski definition) is 1. The van der Waals surface area contributed by atoms with Crippen LogP contribution in [0.1, 0.15) is 67.7 Å². The van der Waals surface area contributed by atoms with E-state index in [4.69, 9.17) is 14.2 Å². The Kier molecular flexibility index (Phi) is 8.85. The summed E-state index contributed by atoms with van der Waals surface area (Å²) in [6.45, 7) is 17.9. The molecule has 37 heavy (non-hydrogen) atoms. The van der Waals surface area contributed by atoms with Crippen LogP contribution in [0.15, 0.2) is 35.5 Å². The van der Waals surface area contributed by atoms with Crippen LogP contribution >= 0.6 is 0 Å². The third kappa shape index (κ3) is 6.05. The average Bonchev–Trinajstić information content (AvgIpc) is 3.08. The van der Waals surface area contributed by atoms with E-state index in [1.54, 1.807) is 14.0 Å². The largest absolute Gasteiger partial charge is 0.460 e. The molecule has 3 rings (SSSR count). The number of methoxy groups -OCH3 is 1. The summed E-state index contributed by atoms with van der Waals surface area (Å²) in [6.07, 6.45) is 9.31. The third-order valence-electron chi connectivity index (χ3n) is 9.48. The van der Waals surface area contributed by atoms with E-state index in [1.807, 2.05) is 26.1 Å². The molecule has 1 N–H and O–H groups in total. The van der Waals surface area contributed by atoms with Crippen molar-refractivity contribution in [3.05, 3.63) is 35.5 Å². The van der Waals surface area contributed by atoms with Crippen molar-refractivity contribution in [2.45, 2.75) is 110 Å². The Balaban J connectivity index is 2.02. The highest BCUT2D eigenvalue weighted by atomic mass is 28.4. The molecule has 8 atom stereocenters. The fourth-order valence-corrected chi connectivity index (χ4v) is 7.12. The van der Waals surface area contributed by atoms with Crippen LogP contribution in [0.2, 0.25) is 18.1 Å². The zero-order valence-corrected chi connectivity index (χ0v) is 25.5. The first kappa shape index (κ1) is 30.0. The third-order valence-corrected chi connectivity index (χ3v) is 13.0. The Labute approximate surface area is 224 Å². The Morgan fingerprint density at radius 3 is 2.54 bits per heavy atom. The van der Waals surface area contributed by atoms with E-state index in [9.17, 15) is 14.4 Å². The van der Waals surface area contributed by atoms with Gasteiger partial charge in [0, 0.05) is 24.9 Å². The molecule has 0 unspecified atom stereocenters. The van der Waals surface area contributed by atoms with Crippen LogP contribution in [0.5, 0.6) is 0 Å². The summed E-state index contributed by atoms with van der Waals surface area (Å²) >= 11 is 0. The predicted molar refractivity (Wildman–Crippen MR) is 149 cm³/mol. The van der Waals surface area contributed by atoms with Crippen LogP contribution < -0.4 is 0 Å². The van der Waals surface area contributed by atoms with Gasteiger partial charge in [-0.05, 0) is 81.3 Å². The summed E-state index contributed by atoms with van der Waals surface area (Å²) in [7, 11) is -0.867. The highest BCUT2D eigenvalue weighted by Gasteiger charge is 2.54. The molecule has 1 aliphatic carbocycles. The van der Waals surface area contributed by atoms with Crippen molar-refractivity contribution in [2.75, 3.05) is 7.11 Å². The minimum atomic E-state index is -2.43. The summed E-state index contributed by atoms with van der Waals surface area (Å²) in [4.78, 5) is 36.2. The van der Waals surface area contributed by atoms with Crippen LogP contribution in [-0.2, 0) is 23.8 Å². The molecule has 6 nitrogen and oxygen atoms in total. The second-order valence-corrected chi connectivity index (χ2v) is 17.4. The van der Waals surface area contributed by atoms with Gasteiger partial charge < -0.3 is 19.0 Å². The summed E-state index contributed by atoms with van der Waals surface area (Å²) in [5.41, 5.74) is 1.28. The maximum Gasteiger partial charge on any atom is 0.335 e. The van der Waals surface area contributed by atoms with E-state index in [1.165, 1.54) is 0 Å². The van der Waals surface area contributed by atoms with Gasteiger partial charge >= 0.3 is 5.97 Å². The number of carbonyl (C=O) groups excluding carboxylic acids is 2. The number of hydrogen-bond acceptors (Lipinski definition) is 6. The number of allylic oxidation sites excluding steroid dienone is 1. The van der Waals surface area contributed by atoms with E-state index >= 15 is 0 Å². The van der Waals surface area contributed by atoms with Crippen molar-refractivity contribution in [3.8, 4) is 0 Å². The molecule has 2 aliphatic heterocycles. The molecule has 0 aromatic heterocycles. The van der Waals surface area contributed by atoms with Crippen molar-refractivity contribution < 1.29 is 28.6 Å². The van der Waals surface area contributed by atoms with E-state index in [0.29, 0.717) is 12.0 Å². The lowest BCUT2D eigenvalue weighted by molar-refractivity contribution is -0.168. The highest BCUT2D eigenvalue weighted by Crippen LogP contribution is 2.52. The van der Waals surface area contributed by atoms with E-state index in [0.717, 1.165) is 18.4 Å². The molecule has 1 fully saturated rings. The molecule has 0 radical (unpaired) electrons. The molecule has 0 amide bonds. The van der Waals surface area contributed by atoms with Crippen LogP contribution in [0, 0.1) is 23.7 Å². The molecule has 7 heteroatoms. The molecule has 0 saturated carbocycles. The Hall–Kier alpha value is -1.54. The Morgan fingerprint density at radius 2 is 1.97 bits per heavy atom. The number of fused-ring (bicyclic) bond motifs is 1. The van der Waals surface area contributed by atoms with Crippen molar-refractivity contribution in [2.24, 2.45) is 23.7 Å². The molecule has 208 valence electrons. The number of carbonyl (C=O) groups is 2. The number of ether oxygens (including phenoxy) is 3. The molecule has 2 bridgehead atoms. The van der Waals surface area contributed by atoms with Crippen LogP contribution in [-0.4, -0.2) is 55.9 Å². The first-order valence-corrected chi connectivity index (χ1v) is 16.7.